The molecule has 3 N–H and O–H groups in total. The fraction of sp³-hybridized carbons (Fsp3) is 0.800. The summed E-state index contributed by atoms with van der Waals surface area (Å²) in [4.78, 5) is 4.29. The summed E-state index contributed by atoms with van der Waals surface area (Å²) in [7, 11) is 0. The molecule has 0 aliphatic carbocycles. The number of hydrogen-bond acceptors (Lipinski definition) is 2. The molecule has 0 heterocycles. The third kappa shape index (κ3) is 17.7. The van der Waals surface area contributed by atoms with E-state index in [1.807, 2.05) is 6.08 Å². The van der Waals surface area contributed by atoms with Gasteiger partial charge in [-0.2, -0.15) is 0 Å². The van der Waals surface area contributed by atoms with Crippen molar-refractivity contribution in [3.63, 3.8) is 0 Å². The Kier molecular flexibility index (Phi) is 20.6. The molecule has 0 aliphatic rings. The highest BCUT2D eigenvalue weighted by molar-refractivity contribution is 14.0. The van der Waals surface area contributed by atoms with Crippen LogP contribution in [-0.4, -0.2) is 32.3 Å². The largest absolute Gasteiger partial charge is 0.379 e. The predicted molar refractivity (Wildman–Crippen MR) is 98.9 cm³/mol. The van der Waals surface area contributed by atoms with Crippen LogP contribution in [0.25, 0.3) is 0 Å². The Morgan fingerprint density at radius 2 is 1.90 bits per heavy atom. The second-order valence-electron chi connectivity index (χ2n) is 4.65. The Hall–Kier alpha value is -0.300. The van der Waals surface area contributed by atoms with Gasteiger partial charge in [0.2, 0.25) is 0 Å². The first-order valence-electron chi connectivity index (χ1n) is 7.53. The van der Waals surface area contributed by atoms with Gasteiger partial charge in [0.1, 0.15) is 0 Å². The molecule has 0 spiro atoms. The summed E-state index contributed by atoms with van der Waals surface area (Å²) >= 11 is 0. The summed E-state index contributed by atoms with van der Waals surface area (Å²) in [6.45, 7) is 8.78. The van der Waals surface area contributed by atoms with E-state index in [1.54, 1.807) is 0 Å². The average molecular weight is 397 g/mol. The minimum absolute atomic E-state index is 0. The van der Waals surface area contributed by atoms with Gasteiger partial charge in [0, 0.05) is 13.1 Å². The van der Waals surface area contributed by atoms with Gasteiger partial charge in [0.15, 0.2) is 5.96 Å². The van der Waals surface area contributed by atoms with E-state index >= 15 is 0 Å². The molecule has 0 atom stereocenters. The normalized spacial score (nSPS) is 10.9. The van der Waals surface area contributed by atoms with Gasteiger partial charge in [-0.25, -0.2) is 0 Å². The zero-order valence-corrected chi connectivity index (χ0v) is 15.2. The topological polar surface area (TPSA) is 59.6 Å². The maximum Gasteiger partial charge on any atom is 0.188 e. The number of nitrogens with one attached hydrogen (secondary N) is 1. The van der Waals surface area contributed by atoms with Crippen molar-refractivity contribution in [1.29, 1.82) is 0 Å². The van der Waals surface area contributed by atoms with Crippen LogP contribution < -0.4 is 11.1 Å². The second-order valence-corrected chi connectivity index (χ2v) is 4.65. The van der Waals surface area contributed by atoms with E-state index in [1.165, 1.54) is 32.1 Å². The molecule has 0 aliphatic heterocycles. The van der Waals surface area contributed by atoms with Crippen molar-refractivity contribution in [3.05, 3.63) is 12.7 Å². The SMILES string of the molecule is C=CCCOCCNC(N)=NCCCCCCCC.I. The molecular weight excluding hydrogens is 365 g/mol. The predicted octanol–water partition coefficient (Wildman–Crippen LogP) is 3.46. The van der Waals surface area contributed by atoms with Gasteiger partial charge >= 0.3 is 0 Å². The van der Waals surface area contributed by atoms with Crippen LogP contribution in [0.5, 0.6) is 0 Å². The van der Waals surface area contributed by atoms with Gasteiger partial charge in [-0.3, -0.25) is 4.99 Å². The zero-order valence-electron chi connectivity index (χ0n) is 12.9. The molecule has 0 saturated heterocycles. The van der Waals surface area contributed by atoms with Gasteiger partial charge < -0.3 is 15.8 Å². The molecule has 0 aromatic carbocycles. The van der Waals surface area contributed by atoms with Gasteiger partial charge in [0.25, 0.3) is 0 Å². The number of aliphatic imine (C=N–C) groups is 1. The van der Waals surface area contributed by atoms with Crippen molar-refractivity contribution in [1.82, 2.24) is 5.32 Å². The van der Waals surface area contributed by atoms with Crippen LogP contribution in [0.15, 0.2) is 17.6 Å². The van der Waals surface area contributed by atoms with Crippen LogP contribution in [0.2, 0.25) is 0 Å². The summed E-state index contributed by atoms with van der Waals surface area (Å²) < 4.78 is 5.36. The van der Waals surface area contributed by atoms with Crippen LogP contribution >= 0.6 is 24.0 Å². The van der Waals surface area contributed by atoms with E-state index in [2.05, 4.69) is 23.8 Å². The Labute approximate surface area is 141 Å². The fourth-order valence-corrected chi connectivity index (χ4v) is 1.67. The molecule has 0 rings (SSSR count). The first-order valence-corrected chi connectivity index (χ1v) is 7.53. The number of nitrogens with zero attached hydrogens (tertiary/aromatic N) is 1. The maximum absolute atomic E-state index is 5.74. The van der Waals surface area contributed by atoms with E-state index in [4.69, 9.17) is 10.5 Å². The highest BCUT2D eigenvalue weighted by Gasteiger charge is 1.92. The molecule has 0 aromatic rings. The Morgan fingerprint density at radius 3 is 2.60 bits per heavy atom. The molecule has 0 fully saturated rings. The minimum atomic E-state index is 0. The van der Waals surface area contributed by atoms with Crippen LogP contribution in [0.1, 0.15) is 51.9 Å². The summed E-state index contributed by atoms with van der Waals surface area (Å²) in [6.07, 6.45) is 10.4. The van der Waals surface area contributed by atoms with Gasteiger partial charge in [-0.15, -0.1) is 30.6 Å². The lowest BCUT2D eigenvalue weighted by atomic mass is 10.1. The molecule has 0 radical (unpaired) electrons. The van der Waals surface area contributed by atoms with Gasteiger partial charge in [-0.05, 0) is 12.8 Å². The highest BCUT2D eigenvalue weighted by Crippen LogP contribution is 2.04. The standard InChI is InChI=1S/C15H31N3O.HI/c1-3-5-7-8-9-10-11-17-15(16)18-12-14-19-13-6-4-2;/h4H,2-3,5-14H2,1H3,(H3,16,17,18);1H. The molecule has 5 heteroatoms. The molecule has 0 amide bonds. The number of unbranched alkanes of at least 4 members (excludes halogenated alkanes) is 5. The first-order chi connectivity index (χ1) is 9.31. The minimum Gasteiger partial charge on any atom is -0.379 e. The van der Waals surface area contributed by atoms with Crippen molar-refractivity contribution >= 4 is 29.9 Å². The fourth-order valence-electron chi connectivity index (χ4n) is 1.67. The quantitative estimate of drug-likeness (QED) is 0.165. The summed E-state index contributed by atoms with van der Waals surface area (Å²) in [6, 6.07) is 0. The third-order valence-electron chi connectivity index (χ3n) is 2.81. The molecule has 0 saturated carbocycles. The van der Waals surface area contributed by atoms with Crippen LogP contribution in [0.3, 0.4) is 0 Å². The molecule has 120 valence electrons. The molecule has 4 nitrogen and oxygen atoms in total. The number of rotatable bonds is 13. The number of guanidine groups is 1. The molecule has 0 bridgehead atoms. The summed E-state index contributed by atoms with van der Waals surface area (Å²) in [5.74, 6) is 0.529. The molecular formula is C15H32IN3O. The Bertz CT molecular complexity index is 235. The summed E-state index contributed by atoms with van der Waals surface area (Å²) in [5, 5.41) is 3.05. The van der Waals surface area contributed by atoms with Crippen molar-refractivity contribution < 1.29 is 4.74 Å². The summed E-state index contributed by atoms with van der Waals surface area (Å²) in [5.41, 5.74) is 5.74. The molecule has 20 heavy (non-hydrogen) atoms. The lowest BCUT2D eigenvalue weighted by molar-refractivity contribution is 0.143. The lowest BCUT2D eigenvalue weighted by Gasteiger charge is -2.06. The van der Waals surface area contributed by atoms with Crippen LogP contribution in [-0.2, 0) is 4.74 Å². The van der Waals surface area contributed by atoms with Crippen molar-refractivity contribution in [2.45, 2.75) is 51.9 Å². The Balaban J connectivity index is 0. The van der Waals surface area contributed by atoms with Crippen molar-refractivity contribution in [2.24, 2.45) is 10.7 Å². The van der Waals surface area contributed by atoms with Gasteiger partial charge in [-0.1, -0.05) is 45.1 Å². The monoisotopic (exact) mass is 397 g/mol. The lowest BCUT2D eigenvalue weighted by Crippen LogP contribution is -2.34. The zero-order chi connectivity index (χ0) is 14.2. The molecule has 0 unspecified atom stereocenters. The second kappa shape index (κ2) is 18.7. The number of halogens is 1. The van der Waals surface area contributed by atoms with Gasteiger partial charge in [0.05, 0.1) is 13.2 Å². The van der Waals surface area contributed by atoms with E-state index in [0.717, 1.165) is 26.0 Å². The van der Waals surface area contributed by atoms with E-state index in [-0.39, 0.29) is 24.0 Å². The van der Waals surface area contributed by atoms with E-state index < -0.39 is 0 Å². The van der Waals surface area contributed by atoms with E-state index in [0.29, 0.717) is 19.1 Å². The average Bonchev–Trinajstić information content (AvgIpc) is 2.41. The highest BCUT2D eigenvalue weighted by atomic mass is 127. The molecule has 0 aromatic heterocycles. The van der Waals surface area contributed by atoms with Crippen LogP contribution in [0, 0.1) is 0 Å². The first kappa shape index (κ1) is 22.0. The number of hydrogen-bond donors (Lipinski definition) is 2. The number of ether oxygens (including phenoxy) is 1. The van der Waals surface area contributed by atoms with Crippen LogP contribution in [0.4, 0.5) is 0 Å². The Morgan fingerprint density at radius 1 is 1.20 bits per heavy atom. The van der Waals surface area contributed by atoms with Crippen molar-refractivity contribution in [3.8, 4) is 0 Å². The smallest absolute Gasteiger partial charge is 0.188 e. The number of nitrogens with two attached hydrogens (primary N) is 1. The maximum atomic E-state index is 5.74. The van der Waals surface area contributed by atoms with E-state index in [9.17, 15) is 0 Å². The third-order valence-corrected chi connectivity index (χ3v) is 2.81. The van der Waals surface area contributed by atoms with Crippen molar-refractivity contribution in [2.75, 3.05) is 26.3 Å².